The molecule has 0 atom stereocenters. The summed E-state index contributed by atoms with van der Waals surface area (Å²) in [7, 11) is 0. The number of hydrogen-bond acceptors (Lipinski definition) is 5. The first-order valence-electron chi connectivity index (χ1n) is 7.77. The molecule has 2 aromatic carbocycles. The Morgan fingerprint density at radius 2 is 1.81 bits per heavy atom. The molecule has 0 spiro atoms. The van der Waals surface area contributed by atoms with Crippen molar-refractivity contribution in [3.05, 3.63) is 69.0 Å². The number of nitriles is 1. The summed E-state index contributed by atoms with van der Waals surface area (Å²) in [5, 5.41) is 11.0. The topological polar surface area (TPSA) is 90.3 Å². The molecule has 1 fully saturated rings. The first-order chi connectivity index (χ1) is 13.0. The molecule has 8 heteroatoms. The molecular weight excluding hydrogens is 430 g/mol. The molecule has 1 N–H and O–H groups in total. The molecule has 1 aliphatic heterocycles. The maximum absolute atomic E-state index is 12.5. The second-order valence-corrected chi connectivity index (χ2v) is 7.47. The van der Waals surface area contributed by atoms with Gasteiger partial charge in [-0.1, -0.05) is 28.1 Å². The van der Waals surface area contributed by atoms with Crippen molar-refractivity contribution >= 4 is 56.5 Å². The van der Waals surface area contributed by atoms with Gasteiger partial charge in [0.15, 0.2) is 0 Å². The Bertz CT molecular complexity index is 979. The van der Waals surface area contributed by atoms with Crippen molar-refractivity contribution in [1.82, 2.24) is 4.90 Å². The summed E-state index contributed by atoms with van der Waals surface area (Å²) in [6.07, 6.45) is 1.57. The average Bonchev–Trinajstić information content (AvgIpc) is 2.91. The lowest BCUT2D eigenvalue weighted by Crippen LogP contribution is -2.36. The molecule has 1 aliphatic rings. The zero-order valence-corrected chi connectivity index (χ0v) is 16.2. The van der Waals surface area contributed by atoms with Crippen LogP contribution in [-0.4, -0.2) is 28.5 Å². The number of imide groups is 1. The van der Waals surface area contributed by atoms with Crippen LogP contribution in [0.1, 0.15) is 11.1 Å². The number of carbonyl (C=O) groups is 3. The smallest absolute Gasteiger partial charge is 0.294 e. The third kappa shape index (κ3) is 4.64. The summed E-state index contributed by atoms with van der Waals surface area (Å²) in [5.41, 5.74) is 1.77. The fourth-order valence-electron chi connectivity index (χ4n) is 2.32. The summed E-state index contributed by atoms with van der Waals surface area (Å²) in [6.45, 7) is -0.356. The number of carbonyl (C=O) groups excluding carboxylic acids is 3. The maximum Gasteiger partial charge on any atom is 0.294 e. The van der Waals surface area contributed by atoms with E-state index in [4.69, 9.17) is 5.26 Å². The summed E-state index contributed by atoms with van der Waals surface area (Å²) in [5.74, 6) is -0.973. The molecule has 0 bridgehead atoms. The second-order valence-electron chi connectivity index (χ2n) is 5.56. The number of halogens is 1. The van der Waals surface area contributed by atoms with Gasteiger partial charge in [-0.15, -0.1) is 0 Å². The Morgan fingerprint density at radius 3 is 2.44 bits per heavy atom. The van der Waals surface area contributed by atoms with E-state index in [1.54, 1.807) is 54.6 Å². The van der Waals surface area contributed by atoms with Crippen LogP contribution in [0, 0.1) is 11.3 Å². The van der Waals surface area contributed by atoms with Crippen molar-refractivity contribution < 1.29 is 14.4 Å². The monoisotopic (exact) mass is 441 g/mol. The Kier molecular flexibility index (Phi) is 5.74. The van der Waals surface area contributed by atoms with Gasteiger partial charge in [0.05, 0.1) is 16.5 Å². The van der Waals surface area contributed by atoms with Crippen molar-refractivity contribution in [3.63, 3.8) is 0 Å². The predicted octanol–water partition coefficient (Wildman–Crippen LogP) is 4.00. The SMILES string of the molecule is N#Cc1ccc(/C=C2/SC(=O)N(CC(=O)Nc3ccc(Br)cc3)C2=O)cc1. The number of benzene rings is 2. The lowest BCUT2D eigenvalue weighted by Gasteiger charge is -2.12. The standard InChI is InChI=1S/C19H12BrN3O3S/c20-14-5-7-15(8-6-14)22-17(24)11-23-18(25)16(27-19(23)26)9-12-1-3-13(10-21)4-2-12/h1-9H,11H2,(H,22,24)/b16-9+. The fourth-order valence-corrected chi connectivity index (χ4v) is 3.42. The van der Waals surface area contributed by atoms with Crippen LogP contribution in [0.4, 0.5) is 10.5 Å². The van der Waals surface area contributed by atoms with Gasteiger partial charge in [0.1, 0.15) is 6.54 Å². The summed E-state index contributed by atoms with van der Waals surface area (Å²) < 4.78 is 0.874. The van der Waals surface area contributed by atoms with E-state index in [2.05, 4.69) is 21.2 Å². The highest BCUT2D eigenvalue weighted by Crippen LogP contribution is 2.32. The molecule has 0 radical (unpaired) electrons. The fraction of sp³-hybridized carbons (Fsp3) is 0.0526. The minimum atomic E-state index is -0.514. The first-order valence-corrected chi connectivity index (χ1v) is 9.38. The molecule has 0 aromatic heterocycles. The Balaban J connectivity index is 1.68. The Hall–Kier alpha value is -2.89. The number of nitrogens with zero attached hydrogens (tertiary/aromatic N) is 2. The summed E-state index contributed by atoms with van der Waals surface area (Å²) >= 11 is 4.09. The Labute approximate surface area is 168 Å². The highest BCUT2D eigenvalue weighted by molar-refractivity contribution is 9.10. The molecule has 27 heavy (non-hydrogen) atoms. The first kappa shape index (κ1) is 18.9. The van der Waals surface area contributed by atoms with Crippen LogP contribution in [0.3, 0.4) is 0 Å². The molecule has 2 aromatic rings. The molecule has 0 unspecified atom stereocenters. The van der Waals surface area contributed by atoms with Crippen LogP contribution >= 0.6 is 27.7 Å². The van der Waals surface area contributed by atoms with Crippen LogP contribution in [0.15, 0.2) is 57.9 Å². The molecular formula is C19H12BrN3O3S. The molecule has 0 aliphatic carbocycles. The molecule has 3 rings (SSSR count). The van der Waals surface area contributed by atoms with Crippen LogP contribution in [0.5, 0.6) is 0 Å². The van der Waals surface area contributed by atoms with E-state index in [0.717, 1.165) is 21.1 Å². The maximum atomic E-state index is 12.5. The number of nitrogens with one attached hydrogen (secondary N) is 1. The molecule has 6 nitrogen and oxygen atoms in total. The molecule has 1 saturated heterocycles. The summed E-state index contributed by atoms with van der Waals surface area (Å²) in [4.78, 5) is 37.9. The van der Waals surface area contributed by atoms with Crippen molar-refractivity contribution in [1.29, 1.82) is 5.26 Å². The van der Waals surface area contributed by atoms with Crippen molar-refractivity contribution in [2.75, 3.05) is 11.9 Å². The van der Waals surface area contributed by atoms with Gasteiger partial charge < -0.3 is 5.32 Å². The van der Waals surface area contributed by atoms with Crippen LogP contribution in [0.25, 0.3) is 6.08 Å². The lowest BCUT2D eigenvalue weighted by molar-refractivity contribution is -0.127. The second kappa shape index (κ2) is 8.20. The van der Waals surface area contributed by atoms with Gasteiger partial charge >= 0.3 is 0 Å². The highest BCUT2D eigenvalue weighted by atomic mass is 79.9. The molecule has 1 heterocycles. The van der Waals surface area contributed by atoms with E-state index in [1.165, 1.54) is 0 Å². The van der Waals surface area contributed by atoms with Crippen LogP contribution in [0.2, 0.25) is 0 Å². The largest absolute Gasteiger partial charge is 0.325 e. The minimum absolute atomic E-state index is 0.237. The van der Waals surface area contributed by atoms with Crippen molar-refractivity contribution in [3.8, 4) is 6.07 Å². The van der Waals surface area contributed by atoms with Gasteiger partial charge in [-0.2, -0.15) is 5.26 Å². The normalized spacial score (nSPS) is 15.1. The van der Waals surface area contributed by atoms with Gasteiger partial charge in [0, 0.05) is 10.2 Å². The molecule has 0 saturated carbocycles. The van der Waals surface area contributed by atoms with Crippen molar-refractivity contribution in [2.45, 2.75) is 0 Å². The number of hydrogen-bond donors (Lipinski definition) is 1. The van der Waals surface area contributed by atoms with Gasteiger partial charge in [0.2, 0.25) is 5.91 Å². The van der Waals surface area contributed by atoms with Gasteiger partial charge in [-0.25, -0.2) is 0 Å². The van der Waals surface area contributed by atoms with Crippen LogP contribution in [-0.2, 0) is 9.59 Å². The van der Waals surface area contributed by atoms with Gasteiger partial charge in [0.25, 0.3) is 11.1 Å². The molecule has 3 amide bonds. The number of thioether (sulfide) groups is 1. The number of rotatable bonds is 4. The van der Waals surface area contributed by atoms with E-state index in [9.17, 15) is 14.4 Å². The zero-order valence-electron chi connectivity index (χ0n) is 13.8. The average molecular weight is 442 g/mol. The predicted molar refractivity (Wildman–Crippen MR) is 107 cm³/mol. The van der Waals surface area contributed by atoms with Crippen molar-refractivity contribution in [2.24, 2.45) is 0 Å². The Morgan fingerprint density at radius 1 is 1.15 bits per heavy atom. The van der Waals surface area contributed by atoms with E-state index in [1.807, 2.05) is 6.07 Å². The van der Waals surface area contributed by atoms with E-state index in [0.29, 0.717) is 16.8 Å². The highest BCUT2D eigenvalue weighted by Gasteiger charge is 2.36. The summed E-state index contributed by atoms with van der Waals surface area (Å²) in [6, 6.07) is 15.6. The van der Waals surface area contributed by atoms with Crippen LogP contribution < -0.4 is 5.32 Å². The number of anilines is 1. The quantitative estimate of drug-likeness (QED) is 0.724. The van der Waals surface area contributed by atoms with E-state index < -0.39 is 17.1 Å². The number of amides is 3. The van der Waals surface area contributed by atoms with E-state index >= 15 is 0 Å². The minimum Gasteiger partial charge on any atom is -0.325 e. The molecule has 134 valence electrons. The van der Waals surface area contributed by atoms with Gasteiger partial charge in [-0.3, -0.25) is 19.3 Å². The lowest BCUT2D eigenvalue weighted by atomic mass is 10.1. The third-order valence-corrected chi connectivity index (χ3v) is 5.08. The van der Waals surface area contributed by atoms with E-state index in [-0.39, 0.29) is 11.4 Å². The third-order valence-electron chi connectivity index (χ3n) is 3.64. The zero-order chi connectivity index (χ0) is 19.4. The van der Waals surface area contributed by atoms with Gasteiger partial charge in [-0.05, 0) is 59.8 Å².